The number of amides is 1. The first-order chi connectivity index (χ1) is 11.9. The molecular formula is C18H21F2N3O2. The highest BCUT2D eigenvalue weighted by Gasteiger charge is 2.16. The SMILES string of the molecule is CC(C)CC(N)C(=O)NCc1cccnc1Oc1ccc(F)c(F)c1. The molecule has 0 bridgehead atoms. The van der Waals surface area contributed by atoms with Crippen molar-refractivity contribution in [1.82, 2.24) is 10.3 Å². The number of benzene rings is 1. The minimum atomic E-state index is -1.01. The number of pyridine rings is 1. The first-order valence-corrected chi connectivity index (χ1v) is 7.97. The molecule has 3 N–H and O–H groups in total. The van der Waals surface area contributed by atoms with Gasteiger partial charge in [-0.2, -0.15) is 0 Å². The number of halogens is 2. The van der Waals surface area contributed by atoms with Gasteiger partial charge in [0.2, 0.25) is 11.8 Å². The Hall–Kier alpha value is -2.54. The van der Waals surface area contributed by atoms with E-state index in [0.717, 1.165) is 12.1 Å². The Bertz CT molecular complexity index is 738. The van der Waals surface area contributed by atoms with Crippen molar-refractivity contribution in [3.63, 3.8) is 0 Å². The summed E-state index contributed by atoms with van der Waals surface area (Å²) in [4.78, 5) is 16.1. The van der Waals surface area contributed by atoms with Crippen molar-refractivity contribution in [1.29, 1.82) is 0 Å². The molecule has 2 aromatic rings. The number of hydrogen-bond donors (Lipinski definition) is 2. The predicted octanol–water partition coefficient (Wildman–Crippen LogP) is 3.14. The highest BCUT2D eigenvalue weighted by molar-refractivity contribution is 5.81. The van der Waals surface area contributed by atoms with Gasteiger partial charge < -0.3 is 15.8 Å². The number of nitrogens with two attached hydrogens (primary N) is 1. The number of ether oxygens (including phenoxy) is 1. The van der Waals surface area contributed by atoms with Gasteiger partial charge in [-0.3, -0.25) is 4.79 Å². The minimum Gasteiger partial charge on any atom is -0.439 e. The molecule has 1 aromatic heterocycles. The molecule has 0 spiro atoms. The molecule has 2 rings (SSSR count). The lowest BCUT2D eigenvalue weighted by Gasteiger charge is -2.15. The summed E-state index contributed by atoms with van der Waals surface area (Å²) in [7, 11) is 0. The first kappa shape index (κ1) is 18.8. The quantitative estimate of drug-likeness (QED) is 0.805. The normalized spacial score (nSPS) is 12.1. The molecule has 1 atom stereocenters. The molecule has 1 heterocycles. The molecular weight excluding hydrogens is 328 g/mol. The average molecular weight is 349 g/mol. The van der Waals surface area contributed by atoms with E-state index in [-0.39, 0.29) is 24.1 Å². The van der Waals surface area contributed by atoms with Crippen LogP contribution in [0.5, 0.6) is 11.6 Å². The average Bonchev–Trinajstić information content (AvgIpc) is 2.56. The van der Waals surface area contributed by atoms with Crippen LogP contribution in [-0.2, 0) is 11.3 Å². The third kappa shape index (κ3) is 5.49. The van der Waals surface area contributed by atoms with Gasteiger partial charge in [0.05, 0.1) is 6.04 Å². The van der Waals surface area contributed by atoms with Crippen LogP contribution in [0, 0.1) is 17.6 Å². The van der Waals surface area contributed by atoms with Crippen LogP contribution in [0.25, 0.3) is 0 Å². The summed E-state index contributed by atoms with van der Waals surface area (Å²) in [6.45, 7) is 4.14. The fourth-order valence-electron chi connectivity index (χ4n) is 2.23. The van der Waals surface area contributed by atoms with E-state index in [2.05, 4.69) is 10.3 Å². The van der Waals surface area contributed by atoms with E-state index in [9.17, 15) is 13.6 Å². The van der Waals surface area contributed by atoms with Crippen molar-refractivity contribution in [2.24, 2.45) is 11.7 Å². The molecule has 7 heteroatoms. The van der Waals surface area contributed by atoms with Crippen LogP contribution in [0.15, 0.2) is 36.5 Å². The third-order valence-electron chi connectivity index (χ3n) is 3.47. The first-order valence-electron chi connectivity index (χ1n) is 7.97. The zero-order valence-electron chi connectivity index (χ0n) is 14.1. The molecule has 5 nitrogen and oxygen atoms in total. The maximum atomic E-state index is 13.3. The molecule has 0 saturated heterocycles. The smallest absolute Gasteiger partial charge is 0.237 e. The second kappa shape index (κ2) is 8.53. The lowest BCUT2D eigenvalue weighted by atomic mass is 10.0. The van der Waals surface area contributed by atoms with Crippen molar-refractivity contribution >= 4 is 5.91 Å². The summed E-state index contributed by atoms with van der Waals surface area (Å²) in [5.74, 6) is -1.61. The number of carbonyl (C=O) groups is 1. The summed E-state index contributed by atoms with van der Waals surface area (Å²) >= 11 is 0. The van der Waals surface area contributed by atoms with Crippen molar-refractivity contribution in [2.75, 3.05) is 0 Å². The molecule has 0 saturated carbocycles. The van der Waals surface area contributed by atoms with E-state index >= 15 is 0 Å². The van der Waals surface area contributed by atoms with Crippen molar-refractivity contribution in [3.05, 3.63) is 53.7 Å². The van der Waals surface area contributed by atoms with Gasteiger partial charge in [-0.15, -0.1) is 0 Å². The molecule has 0 aliphatic heterocycles. The molecule has 0 aliphatic carbocycles. The number of hydrogen-bond acceptors (Lipinski definition) is 4. The summed E-state index contributed by atoms with van der Waals surface area (Å²) in [5, 5.41) is 2.73. The van der Waals surface area contributed by atoms with Crippen LogP contribution in [0.2, 0.25) is 0 Å². The lowest BCUT2D eigenvalue weighted by Crippen LogP contribution is -2.41. The van der Waals surface area contributed by atoms with E-state index < -0.39 is 17.7 Å². The second-order valence-corrected chi connectivity index (χ2v) is 6.10. The lowest BCUT2D eigenvalue weighted by molar-refractivity contribution is -0.122. The van der Waals surface area contributed by atoms with Crippen LogP contribution < -0.4 is 15.8 Å². The Morgan fingerprint density at radius 3 is 2.72 bits per heavy atom. The molecule has 1 amide bonds. The topological polar surface area (TPSA) is 77.2 Å². The van der Waals surface area contributed by atoms with Gasteiger partial charge in [-0.25, -0.2) is 13.8 Å². The Morgan fingerprint density at radius 1 is 1.28 bits per heavy atom. The highest BCUT2D eigenvalue weighted by Crippen LogP contribution is 2.24. The molecule has 1 unspecified atom stereocenters. The minimum absolute atomic E-state index is 0.113. The van der Waals surface area contributed by atoms with Gasteiger partial charge in [-0.1, -0.05) is 19.9 Å². The maximum Gasteiger partial charge on any atom is 0.237 e. The summed E-state index contributed by atoms with van der Waals surface area (Å²) in [6, 6.07) is 6.02. The number of aromatic nitrogens is 1. The van der Waals surface area contributed by atoms with Crippen molar-refractivity contribution in [2.45, 2.75) is 32.9 Å². The van der Waals surface area contributed by atoms with E-state index in [1.54, 1.807) is 12.1 Å². The summed E-state index contributed by atoms with van der Waals surface area (Å²) in [5.41, 5.74) is 6.43. The van der Waals surface area contributed by atoms with E-state index in [1.165, 1.54) is 12.3 Å². The van der Waals surface area contributed by atoms with Crippen LogP contribution in [0.4, 0.5) is 8.78 Å². The monoisotopic (exact) mass is 349 g/mol. The van der Waals surface area contributed by atoms with Gasteiger partial charge in [0, 0.05) is 24.4 Å². The zero-order chi connectivity index (χ0) is 18.4. The maximum absolute atomic E-state index is 13.3. The second-order valence-electron chi connectivity index (χ2n) is 6.10. The predicted molar refractivity (Wildman–Crippen MR) is 89.9 cm³/mol. The van der Waals surface area contributed by atoms with Crippen molar-refractivity contribution < 1.29 is 18.3 Å². The van der Waals surface area contributed by atoms with Crippen LogP contribution in [0.3, 0.4) is 0 Å². The molecule has 0 fully saturated rings. The Morgan fingerprint density at radius 2 is 2.04 bits per heavy atom. The molecule has 0 radical (unpaired) electrons. The highest BCUT2D eigenvalue weighted by atomic mass is 19.2. The Balaban J connectivity index is 2.05. The van der Waals surface area contributed by atoms with E-state index in [4.69, 9.17) is 10.5 Å². The van der Waals surface area contributed by atoms with E-state index in [0.29, 0.717) is 17.9 Å². The fourth-order valence-corrected chi connectivity index (χ4v) is 2.23. The molecule has 0 aliphatic rings. The van der Waals surface area contributed by atoms with Gasteiger partial charge in [0.1, 0.15) is 5.75 Å². The van der Waals surface area contributed by atoms with Gasteiger partial charge >= 0.3 is 0 Å². The summed E-state index contributed by atoms with van der Waals surface area (Å²) < 4.78 is 31.8. The largest absolute Gasteiger partial charge is 0.439 e. The molecule has 1 aromatic carbocycles. The van der Waals surface area contributed by atoms with Gasteiger partial charge in [0.15, 0.2) is 11.6 Å². The Labute approximate surface area is 145 Å². The molecule has 25 heavy (non-hydrogen) atoms. The third-order valence-corrected chi connectivity index (χ3v) is 3.47. The van der Waals surface area contributed by atoms with Gasteiger partial charge in [0.25, 0.3) is 0 Å². The number of nitrogens with zero attached hydrogens (tertiary/aromatic N) is 1. The zero-order valence-corrected chi connectivity index (χ0v) is 14.1. The van der Waals surface area contributed by atoms with Crippen LogP contribution in [-0.4, -0.2) is 16.9 Å². The van der Waals surface area contributed by atoms with Crippen LogP contribution >= 0.6 is 0 Å². The van der Waals surface area contributed by atoms with Crippen LogP contribution in [0.1, 0.15) is 25.8 Å². The van der Waals surface area contributed by atoms with Crippen molar-refractivity contribution in [3.8, 4) is 11.6 Å². The van der Waals surface area contributed by atoms with Gasteiger partial charge in [-0.05, 0) is 30.5 Å². The Kier molecular flexibility index (Phi) is 6.41. The van der Waals surface area contributed by atoms with E-state index in [1.807, 2.05) is 13.8 Å². The summed E-state index contributed by atoms with van der Waals surface area (Å²) in [6.07, 6.45) is 2.09. The number of rotatable bonds is 7. The number of carbonyl (C=O) groups excluding carboxylic acids is 1. The number of nitrogens with one attached hydrogen (secondary N) is 1. The molecule has 134 valence electrons. The fraction of sp³-hybridized carbons (Fsp3) is 0.333. The standard InChI is InChI=1S/C18H21F2N3O2/c1-11(2)8-16(21)17(24)23-10-12-4-3-7-22-18(12)25-13-5-6-14(19)15(20)9-13/h3-7,9,11,16H,8,10,21H2,1-2H3,(H,23,24).